The third-order valence-corrected chi connectivity index (χ3v) is 3.85. The van der Waals surface area contributed by atoms with Crippen molar-refractivity contribution in [2.24, 2.45) is 0 Å². The number of hydrogen-bond donors (Lipinski definition) is 2. The van der Waals surface area contributed by atoms with Crippen LogP contribution in [0.3, 0.4) is 0 Å². The molecule has 1 unspecified atom stereocenters. The summed E-state index contributed by atoms with van der Waals surface area (Å²) in [6.07, 6.45) is 7.67. The molecule has 0 spiro atoms. The largest absolute Gasteiger partial charge is 0.347 e. The number of thiophene rings is 1. The zero-order chi connectivity index (χ0) is 13.7. The fourth-order valence-electron chi connectivity index (χ4n) is 1.76. The van der Waals surface area contributed by atoms with E-state index >= 15 is 0 Å². The van der Waals surface area contributed by atoms with Crippen molar-refractivity contribution in [1.82, 2.24) is 15.3 Å². The molecule has 2 N–H and O–H groups in total. The number of nitrogens with one attached hydrogen (secondary N) is 2. The smallest absolute Gasteiger partial charge is 0.244 e. The molecule has 5 heteroatoms. The normalized spacial score (nSPS) is 12.7. The first-order valence-electron chi connectivity index (χ1n) is 6.22. The van der Waals surface area contributed by atoms with Gasteiger partial charge in [-0.3, -0.25) is 4.79 Å². The average molecular weight is 275 g/mol. The SMILES string of the molecule is CCC(NC(=O)/C=C/c1sccc1C)c1ncc[nH]1. The summed E-state index contributed by atoms with van der Waals surface area (Å²) in [7, 11) is 0. The summed E-state index contributed by atoms with van der Waals surface area (Å²) in [5.74, 6) is 0.688. The summed E-state index contributed by atoms with van der Waals surface area (Å²) < 4.78 is 0. The summed E-state index contributed by atoms with van der Waals surface area (Å²) in [6, 6.07) is 1.97. The van der Waals surface area contributed by atoms with E-state index in [1.807, 2.05) is 31.4 Å². The summed E-state index contributed by atoms with van der Waals surface area (Å²) in [5.41, 5.74) is 1.19. The van der Waals surface area contributed by atoms with E-state index in [9.17, 15) is 4.79 Å². The van der Waals surface area contributed by atoms with Gasteiger partial charge in [-0.25, -0.2) is 4.98 Å². The maximum atomic E-state index is 11.9. The summed E-state index contributed by atoms with van der Waals surface area (Å²) in [5, 5.41) is 4.95. The second-order valence-corrected chi connectivity index (χ2v) is 5.19. The van der Waals surface area contributed by atoms with Crippen LogP contribution >= 0.6 is 11.3 Å². The zero-order valence-electron chi connectivity index (χ0n) is 11.0. The van der Waals surface area contributed by atoms with Gasteiger partial charge in [0.2, 0.25) is 5.91 Å². The Morgan fingerprint density at radius 1 is 1.63 bits per heavy atom. The molecular formula is C14H17N3OS. The molecule has 1 amide bonds. The third-order valence-electron chi connectivity index (χ3n) is 2.86. The van der Waals surface area contributed by atoms with Crippen LogP contribution in [0.4, 0.5) is 0 Å². The van der Waals surface area contributed by atoms with Gasteiger partial charge < -0.3 is 10.3 Å². The van der Waals surface area contributed by atoms with E-state index in [2.05, 4.69) is 15.3 Å². The molecular weight excluding hydrogens is 258 g/mol. The molecule has 0 bridgehead atoms. The fraction of sp³-hybridized carbons (Fsp3) is 0.286. The minimum absolute atomic E-state index is 0.0726. The number of hydrogen-bond acceptors (Lipinski definition) is 3. The van der Waals surface area contributed by atoms with Gasteiger partial charge in [0, 0.05) is 23.3 Å². The lowest BCUT2D eigenvalue weighted by molar-refractivity contribution is -0.117. The summed E-state index contributed by atoms with van der Waals surface area (Å²) in [4.78, 5) is 20.2. The lowest BCUT2D eigenvalue weighted by Gasteiger charge is -2.12. The fourth-order valence-corrected chi connectivity index (χ4v) is 2.58. The van der Waals surface area contributed by atoms with Crippen molar-refractivity contribution in [3.05, 3.63) is 46.2 Å². The van der Waals surface area contributed by atoms with Gasteiger partial charge in [-0.15, -0.1) is 11.3 Å². The number of carbonyl (C=O) groups is 1. The highest BCUT2D eigenvalue weighted by atomic mass is 32.1. The Balaban J connectivity index is 1.97. The van der Waals surface area contributed by atoms with Crippen molar-refractivity contribution in [2.45, 2.75) is 26.3 Å². The summed E-state index contributed by atoms with van der Waals surface area (Å²) >= 11 is 1.63. The number of H-pyrrole nitrogens is 1. The highest BCUT2D eigenvalue weighted by molar-refractivity contribution is 7.11. The Morgan fingerprint density at radius 3 is 3.05 bits per heavy atom. The molecule has 2 rings (SSSR count). The van der Waals surface area contributed by atoms with Crippen molar-refractivity contribution in [1.29, 1.82) is 0 Å². The molecule has 2 aromatic rings. The van der Waals surface area contributed by atoms with Crippen LogP contribution in [0.1, 0.15) is 35.7 Å². The van der Waals surface area contributed by atoms with E-state index in [1.54, 1.807) is 29.8 Å². The van der Waals surface area contributed by atoms with Crippen molar-refractivity contribution in [3.8, 4) is 0 Å². The molecule has 2 heterocycles. The highest BCUT2D eigenvalue weighted by Crippen LogP contribution is 2.17. The van der Waals surface area contributed by atoms with Crippen LogP contribution in [-0.4, -0.2) is 15.9 Å². The Morgan fingerprint density at radius 2 is 2.47 bits per heavy atom. The second-order valence-electron chi connectivity index (χ2n) is 4.25. The minimum atomic E-state index is -0.101. The van der Waals surface area contributed by atoms with Crippen LogP contribution in [0, 0.1) is 6.92 Å². The first kappa shape index (κ1) is 13.5. The van der Waals surface area contributed by atoms with E-state index < -0.39 is 0 Å². The molecule has 0 aromatic carbocycles. The number of carbonyl (C=O) groups excluding carboxylic acids is 1. The topological polar surface area (TPSA) is 57.8 Å². The van der Waals surface area contributed by atoms with Gasteiger partial charge in [0.05, 0.1) is 6.04 Å². The van der Waals surface area contributed by atoms with Gasteiger partial charge in [-0.2, -0.15) is 0 Å². The standard InChI is InChI=1S/C14H17N3OS/c1-3-11(14-15-7-8-16-14)17-13(18)5-4-12-10(2)6-9-19-12/h4-9,11H,3H2,1-2H3,(H,15,16)(H,17,18)/b5-4+. The van der Waals surface area contributed by atoms with Crippen LogP contribution in [0.15, 0.2) is 29.9 Å². The van der Waals surface area contributed by atoms with Gasteiger partial charge in [-0.05, 0) is 36.4 Å². The number of amides is 1. The van der Waals surface area contributed by atoms with Crippen LogP contribution in [0.2, 0.25) is 0 Å². The predicted octanol–water partition coefficient (Wildman–Crippen LogP) is 3.06. The number of nitrogens with zero attached hydrogens (tertiary/aromatic N) is 1. The molecule has 0 fully saturated rings. The number of aromatic amines is 1. The lowest BCUT2D eigenvalue weighted by atomic mass is 10.2. The van der Waals surface area contributed by atoms with Crippen molar-refractivity contribution >= 4 is 23.3 Å². The highest BCUT2D eigenvalue weighted by Gasteiger charge is 2.12. The molecule has 0 aliphatic carbocycles. The van der Waals surface area contributed by atoms with Crippen LogP contribution in [0.25, 0.3) is 6.08 Å². The van der Waals surface area contributed by atoms with Crippen molar-refractivity contribution in [2.75, 3.05) is 0 Å². The van der Waals surface area contributed by atoms with Gasteiger partial charge in [-0.1, -0.05) is 6.92 Å². The average Bonchev–Trinajstić information content (AvgIpc) is 3.05. The van der Waals surface area contributed by atoms with Crippen molar-refractivity contribution < 1.29 is 4.79 Å². The molecule has 0 saturated carbocycles. The van der Waals surface area contributed by atoms with E-state index in [1.165, 1.54) is 5.56 Å². The molecule has 1 atom stereocenters. The van der Waals surface area contributed by atoms with Gasteiger partial charge >= 0.3 is 0 Å². The van der Waals surface area contributed by atoms with Crippen molar-refractivity contribution in [3.63, 3.8) is 0 Å². The molecule has 0 saturated heterocycles. The van der Waals surface area contributed by atoms with Crippen LogP contribution in [-0.2, 0) is 4.79 Å². The van der Waals surface area contributed by atoms with Gasteiger partial charge in [0.25, 0.3) is 0 Å². The Labute approximate surface area is 116 Å². The lowest BCUT2D eigenvalue weighted by Crippen LogP contribution is -2.27. The Kier molecular flexibility index (Phi) is 4.52. The van der Waals surface area contributed by atoms with Gasteiger partial charge in [0.1, 0.15) is 5.82 Å². The number of rotatable bonds is 5. The molecule has 19 heavy (non-hydrogen) atoms. The summed E-state index contributed by atoms with van der Waals surface area (Å²) in [6.45, 7) is 4.05. The third kappa shape index (κ3) is 3.54. The van der Waals surface area contributed by atoms with E-state index in [0.717, 1.165) is 17.1 Å². The maximum absolute atomic E-state index is 11.9. The van der Waals surface area contributed by atoms with E-state index in [-0.39, 0.29) is 11.9 Å². The van der Waals surface area contributed by atoms with Crippen LogP contribution < -0.4 is 5.32 Å². The number of aromatic nitrogens is 2. The molecule has 0 aliphatic rings. The minimum Gasteiger partial charge on any atom is -0.347 e. The maximum Gasteiger partial charge on any atom is 0.244 e. The monoisotopic (exact) mass is 275 g/mol. The Hall–Kier alpha value is -1.88. The zero-order valence-corrected chi connectivity index (χ0v) is 11.8. The van der Waals surface area contributed by atoms with E-state index in [4.69, 9.17) is 0 Å². The number of imidazole rings is 1. The molecule has 100 valence electrons. The van der Waals surface area contributed by atoms with Gasteiger partial charge in [0.15, 0.2) is 0 Å². The molecule has 0 aliphatic heterocycles. The quantitative estimate of drug-likeness (QED) is 0.824. The van der Waals surface area contributed by atoms with E-state index in [0.29, 0.717) is 0 Å². The first-order chi connectivity index (χ1) is 9.20. The molecule has 4 nitrogen and oxygen atoms in total. The molecule has 0 radical (unpaired) electrons. The first-order valence-corrected chi connectivity index (χ1v) is 7.10. The van der Waals surface area contributed by atoms with Crippen LogP contribution in [0.5, 0.6) is 0 Å². The Bertz CT molecular complexity index is 557. The molecule has 2 aromatic heterocycles. The second kappa shape index (κ2) is 6.33. The number of aryl methyl sites for hydroxylation is 1. The predicted molar refractivity (Wildman–Crippen MR) is 77.9 cm³/mol.